The first kappa shape index (κ1) is 17.0. The number of phenolic OH excluding ortho intramolecular Hbond substituents is 1. The van der Waals surface area contributed by atoms with Crippen LogP contribution in [0.25, 0.3) is 0 Å². The van der Waals surface area contributed by atoms with Gasteiger partial charge in [-0.3, -0.25) is 4.79 Å². The predicted molar refractivity (Wildman–Crippen MR) is 102 cm³/mol. The van der Waals surface area contributed by atoms with Gasteiger partial charge < -0.3 is 15.7 Å². The lowest BCUT2D eigenvalue weighted by Crippen LogP contribution is -2.14. The van der Waals surface area contributed by atoms with E-state index >= 15 is 0 Å². The van der Waals surface area contributed by atoms with Crippen LogP contribution >= 0.6 is 11.3 Å². The van der Waals surface area contributed by atoms with E-state index in [0.717, 1.165) is 17.2 Å². The van der Waals surface area contributed by atoms with E-state index in [4.69, 9.17) is 0 Å². The summed E-state index contributed by atoms with van der Waals surface area (Å²) in [6.45, 7) is 2.12. The van der Waals surface area contributed by atoms with Crippen LogP contribution in [-0.4, -0.2) is 16.0 Å². The molecular formula is C19H19N3O2S. The van der Waals surface area contributed by atoms with E-state index in [9.17, 15) is 9.90 Å². The maximum Gasteiger partial charge on any atom is 0.230 e. The Morgan fingerprint density at radius 3 is 2.64 bits per heavy atom. The van der Waals surface area contributed by atoms with E-state index in [2.05, 4.69) is 34.7 Å². The molecule has 3 rings (SSSR count). The number of nitrogens with one attached hydrogen (secondary N) is 2. The normalized spacial score (nSPS) is 10.4. The van der Waals surface area contributed by atoms with Crippen molar-refractivity contribution in [2.24, 2.45) is 0 Å². The van der Waals surface area contributed by atoms with Crippen LogP contribution in [0.3, 0.4) is 0 Å². The van der Waals surface area contributed by atoms with E-state index in [1.165, 1.54) is 23.0 Å². The lowest BCUT2D eigenvalue weighted by atomic mass is 10.1. The number of anilines is 3. The number of amides is 1. The lowest BCUT2D eigenvalue weighted by molar-refractivity contribution is -0.115. The van der Waals surface area contributed by atoms with Gasteiger partial charge in [-0.15, -0.1) is 11.3 Å². The summed E-state index contributed by atoms with van der Waals surface area (Å²) in [6, 6.07) is 14.8. The number of carbonyl (C=O) groups excluding carboxylic acids is 1. The van der Waals surface area contributed by atoms with Crippen LogP contribution < -0.4 is 10.6 Å². The van der Waals surface area contributed by atoms with Gasteiger partial charge in [0.15, 0.2) is 5.13 Å². The van der Waals surface area contributed by atoms with Gasteiger partial charge >= 0.3 is 0 Å². The third-order valence-corrected chi connectivity index (χ3v) is 4.49. The summed E-state index contributed by atoms with van der Waals surface area (Å²) >= 11 is 1.45. The number of carbonyl (C=O) groups is 1. The molecule has 3 N–H and O–H groups in total. The van der Waals surface area contributed by atoms with Gasteiger partial charge in [-0.05, 0) is 36.2 Å². The Morgan fingerprint density at radius 1 is 1.16 bits per heavy atom. The average Bonchev–Trinajstić information content (AvgIpc) is 3.04. The van der Waals surface area contributed by atoms with Gasteiger partial charge in [0.2, 0.25) is 5.91 Å². The highest BCUT2D eigenvalue weighted by molar-refractivity contribution is 7.13. The van der Waals surface area contributed by atoms with E-state index in [0.29, 0.717) is 11.4 Å². The van der Waals surface area contributed by atoms with Gasteiger partial charge in [-0.25, -0.2) is 4.98 Å². The monoisotopic (exact) mass is 353 g/mol. The molecule has 0 radical (unpaired) electrons. The van der Waals surface area contributed by atoms with Gasteiger partial charge in [0, 0.05) is 11.1 Å². The van der Waals surface area contributed by atoms with Crippen molar-refractivity contribution >= 4 is 33.8 Å². The van der Waals surface area contributed by atoms with Crippen molar-refractivity contribution in [1.29, 1.82) is 0 Å². The Hall–Kier alpha value is -2.86. The summed E-state index contributed by atoms with van der Waals surface area (Å²) < 4.78 is 0. The Labute approximate surface area is 150 Å². The number of aryl methyl sites for hydroxylation is 1. The van der Waals surface area contributed by atoms with Crippen LogP contribution in [-0.2, 0) is 17.6 Å². The molecule has 25 heavy (non-hydrogen) atoms. The van der Waals surface area contributed by atoms with E-state index in [1.54, 1.807) is 18.2 Å². The summed E-state index contributed by atoms with van der Waals surface area (Å²) in [6.07, 6.45) is 1.16. The van der Waals surface area contributed by atoms with Crippen LogP contribution in [0.1, 0.15) is 18.2 Å². The molecule has 0 bridgehead atoms. The van der Waals surface area contributed by atoms with Crippen LogP contribution in [0.15, 0.2) is 53.9 Å². The van der Waals surface area contributed by atoms with Crippen molar-refractivity contribution in [3.8, 4) is 5.75 Å². The molecule has 1 amide bonds. The highest BCUT2D eigenvalue weighted by Crippen LogP contribution is 2.23. The topological polar surface area (TPSA) is 74.2 Å². The molecule has 5 nitrogen and oxygen atoms in total. The molecule has 1 aromatic heterocycles. The van der Waals surface area contributed by atoms with Crippen molar-refractivity contribution in [3.63, 3.8) is 0 Å². The number of benzene rings is 2. The molecule has 0 aliphatic rings. The quantitative estimate of drug-likeness (QED) is 0.577. The van der Waals surface area contributed by atoms with Gasteiger partial charge in [-0.1, -0.05) is 31.2 Å². The zero-order chi connectivity index (χ0) is 17.6. The third-order valence-electron chi connectivity index (χ3n) is 3.69. The second-order valence-corrected chi connectivity index (χ2v) is 6.42. The standard InChI is InChI=1S/C19H19N3O2S/c1-2-13-7-9-14(10-8-13)20-19-21-15(12-25-19)11-18(24)22-16-5-3-4-6-17(16)23/h3-10,12,23H,2,11H2,1H3,(H,20,21)(H,22,24). The van der Waals surface area contributed by atoms with Crippen LogP contribution in [0, 0.1) is 0 Å². The number of aromatic hydroxyl groups is 1. The second-order valence-electron chi connectivity index (χ2n) is 5.56. The number of aromatic nitrogens is 1. The minimum Gasteiger partial charge on any atom is -0.506 e. The van der Waals surface area contributed by atoms with Crippen molar-refractivity contribution in [1.82, 2.24) is 4.98 Å². The molecule has 128 valence electrons. The van der Waals surface area contributed by atoms with Gasteiger partial charge in [-0.2, -0.15) is 0 Å². The summed E-state index contributed by atoms with van der Waals surface area (Å²) in [5, 5.41) is 18.2. The summed E-state index contributed by atoms with van der Waals surface area (Å²) in [5.74, 6) is -0.169. The first-order valence-corrected chi connectivity index (χ1v) is 8.90. The number of nitrogens with zero attached hydrogens (tertiary/aromatic N) is 1. The SMILES string of the molecule is CCc1ccc(Nc2nc(CC(=O)Nc3ccccc3O)cs2)cc1. The minimum atomic E-state index is -0.217. The summed E-state index contributed by atoms with van der Waals surface area (Å²) in [4.78, 5) is 16.5. The fourth-order valence-electron chi connectivity index (χ4n) is 2.33. The molecule has 0 unspecified atom stereocenters. The lowest BCUT2D eigenvalue weighted by Gasteiger charge is -2.06. The van der Waals surface area contributed by atoms with Crippen molar-refractivity contribution in [2.75, 3.05) is 10.6 Å². The number of thiazole rings is 1. The van der Waals surface area contributed by atoms with Crippen LogP contribution in [0.5, 0.6) is 5.75 Å². The first-order chi connectivity index (χ1) is 12.1. The number of hydrogen-bond acceptors (Lipinski definition) is 5. The molecular weight excluding hydrogens is 334 g/mol. The van der Waals surface area contributed by atoms with Crippen molar-refractivity contribution in [3.05, 3.63) is 65.2 Å². The fourth-order valence-corrected chi connectivity index (χ4v) is 3.06. The van der Waals surface area contributed by atoms with Gasteiger partial charge in [0.25, 0.3) is 0 Å². The molecule has 6 heteroatoms. The molecule has 0 fully saturated rings. The Morgan fingerprint density at radius 2 is 1.92 bits per heavy atom. The van der Waals surface area contributed by atoms with Crippen LogP contribution in [0.2, 0.25) is 0 Å². The Bertz CT molecular complexity index is 859. The first-order valence-electron chi connectivity index (χ1n) is 8.02. The zero-order valence-electron chi connectivity index (χ0n) is 13.8. The molecule has 0 atom stereocenters. The highest BCUT2D eigenvalue weighted by Gasteiger charge is 2.10. The summed E-state index contributed by atoms with van der Waals surface area (Å²) in [7, 11) is 0. The highest BCUT2D eigenvalue weighted by atomic mass is 32.1. The average molecular weight is 353 g/mol. The number of para-hydroxylation sites is 2. The largest absolute Gasteiger partial charge is 0.506 e. The molecule has 3 aromatic rings. The summed E-state index contributed by atoms with van der Waals surface area (Å²) in [5.41, 5.74) is 3.34. The molecule has 0 saturated carbocycles. The molecule has 0 aliphatic heterocycles. The maximum absolute atomic E-state index is 12.1. The fraction of sp³-hybridized carbons (Fsp3) is 0.158. The number of rotatable bonds is 6. The van der Waals surface area contributed by atoms with E-state index < -0.39 is 0 Å². The third kappa shape index (κ3) is 4.58. The van der Waals surface area contributed by atoms with Gasteiger partial charge in [0.1, 0.15) is 5.75 Å². The Balaban J connectivity index is 1.59. The van der Waals surface area contributed by atoms with E-state index in [1.807, 2.05) is 17.5 Å². The molecule has 0 aliphatic carbocycles. The van der Waals surface area contributed by atoms with Crippen molar-refractivity contribution < 1.29 is 9.90 Å². The number of hydrogen-bond donors (Lipinski definition) is 3. The predicted octanol–water partition coefficient (Wildman–Crippen LogP) is 4.34. The van der Waals surface area contributed by atoms with Crippen molar-refractivity contribution in [2.45, 2.75) is 19.8 Å². The van der Waals surface area contributed by atoms with Crippen LogP contribution in [0.4, 0.5) is 16.5 Å². The molecule has 0 spiro atoms. The maximum atomic E-state index is 12.1. The Kier molecular flexibility index (Phi) is 5.30. The zero-order valence-corrected chi connectivity index (χ0v) is 14.6. The van der Waals surface area contributed by atoms with Gasteiger partial charge in [0.05, 0.1) is 17.8 Å². The van der Waals surface area contributed by atoms with E-state index in [-0.39, 0.29) is 18.1 Å². The minimum absolute atomic E-state index is 0.0482. The molecule has 2 aromatic carbocycles. The molecule has 0 saturated heterocycles. The second kappa shape index (κ2) is 7.81. The number of phenols is 1. The smallest absolute Gasteiger partial charge is 0.230 e. The molecule has 1 heterocycles.